The van der Waals surface area contributed by atoms with Crippen molar-refractivity contribution in [3.63, 3.8) is 0 Å². The van der Waals surface area contributed by atoms with Crippen LogP contribution in [0.25, 0.3) is 11.4 Å². The van der Waals surface area contributed by atoms with E-state index in [0.717, 1.165) is 28.4 Å². The zero-order valence-electron chi connectivity index (χ0n) is 18.1. The Balaban J connectivity index is 1.69. The van der Waals surface area contributed by atoms with Gasteiger partial charge in [0.25, 0.3) is 0 Å². The van der Waals surface area contributed by atoms with Crippen LogP contribution in [0.2, 0.25) is 0 Å². The number of hydrogen-bond acceptors (Lipinski definition) is 8. The van der Waals surface area contributed by atoms with E-state index >= 15 is 0 Å². The first-order valence-corrected chi connectivity index (χ1v) is 11.4. The van der Waals surface area contributed by atoms with Crippen LogP contribution in [0.4, 0.5) is 10.7 Å². The average Bonchev–Trinajstić information content (AvgIpc) is 3.34. The van der Waals surface area contributed by atoms with Crippen LogP contribution in [0, 0.1) is 0 Å². The molecule has 1 N–H and O–H groups in total. The van der Waals surface area contributed by atoms with Crippen LogP contribution in [0.15, 0.2) is 35.5 Å². The Labute approximate surface area is 189 Å². The normalized spacial score (nSPS) is 10.7. The fourth-order valence-corrected chi connectivity index (χ4v) is 4.59. The monoisotopic (exact) mass is 459 g/mol. The molecule has 0 saturated carbocycles. The van der Waals surface area contributed by atoms with E-state index in [-0.39, 0.29) is 11.7 Å². The number of hydrogen-bond donors (Lipinski definition) is 1. The van der Waals surface area contributed by atoms with Gasteiger partial charge in [0, 0.05) is 37.3 Å². The Hall–Kier alpha value is -2.85. The topological polar surface area (TPSA) is 89.3 Å². The molecule has 0 spiro atoms. The van der Waals surface area contributed by atoms with Crippen LogP contribution in [0.5, 0.6) is 0 Å². The van der Waals surface area contributed by atoms with Gasteiger partial charge >= 0.3 is 5.97 Å². The molecule has 2 heterocycles. The first kappa shape index (κ1) is 22.8. The van der Waals surface area contributed by atoms with Gasteiger partial charge < -0.3 is 19.5 Å². The number of esters is 1. The summed E-state index contributed by atoms with van der Waals surface area (Å²) in [6.45, 7) is 1.99. The van der Waals surface area contributed by atoms with E-state index in [1.165, 1.54) is 30.2 Å². The highest BCUT2D eigenvalue weighted by molar-refractivity contribution is 7.99. The molecule has 0 aliphatic rings. The maximum absolute atomic E-state index is 12.5. The maximum atomic E-state index is 12.5. The van der Waals surface area contributed by atoms with E-state index in [2.05, 4.69) is 15.5 Å². The van der Waals surface area contributed by atoms with Crippen molar-refractivity contribution in [2.75, 3.05) is 37.2 Å². The van der Waals surface area contributed by atoms with E-state index < -0.39 is 5.97 Å². The van der Waals surface area contributed by atoms with Crippen LogP contribution in [-0.2, 0) is 23.0 Å². The quantitative estimate of drug-likeness (QED) is 0.406. The summed E-state index contributed by atoms with van der Waals surface area (Å²) < 4.78 is 6.68. The highest BCUT2D eigenvalue weighted by Gasteiger charge is 2.19. The molecule has 1 amide bonds. The molecule has 0 aliphatic carbocycles. The molecule has 0 fully saturated rings. The smallest absolute Gasteiger partial charge is 0.340 e. The van der Waals surface area contributed by atoms with Gasteiger partial charge in [0.15, 0.2) is 11.0 Å². The Morgan fingerprint density at radius 3 is 2.71 bits per heavy atom. The van der Waals surface area contributed by atoms with Crippen molar-refractivity contribution in [3.8, 4) is 11.4 Å². The van der Waals surface area contributed by atoms with Crippen LogP contribution in [-0.4, -0.2) is 53.6 Å². The lowest BCUT2D eigenvalue weighted by Crippen LogP contribution is -2.16. The first-order chi connectivity index (χ1) is 14.8. The second-order valence-corrected chi connectivity index (χ2v) is 9.03. The molecular weight excluding hydrogens is 434 g/mol. The van der Waals surface area contributed by atoms with Gasteiger partial charge in [0.2, 0.25) is 5.91 Å². The second kappa shape index (κ2) is 9.97. The van der Waals surface area contributed by atoms with Crippen LogP contribution >= 0.6 is 23.1 Å². The largest absolute Gasteiger partial charge is 0.465 e. The van der Waals surface area contributed by atoms with Crippen LogP contribution < -0.4 is 10.2 Å². The van der Waals surface area contributed by atoms with Crippen molar-refractivity contribution in [1.29, 1.82) is 0 Å². The fraction of sp³-hybridized carbons (Fsp3) is 0.333. The average molecular weight is 460 g/mol. The molecule has 0 bridgehead atoms. The minimum absolute atomic E-state index is 0.143. The van der Waals surface area contributed by atoms with E-state index in [9.17, 15) is 9.59 Å². The van der Waals surface area contributed by atoms with Crippen molar-refractivity contribution in [3.05, 3.63) is 40.8 Å². The Bertz CT molecular complexity index is 1090. The van der Waals surface area contributed by atoms with Crippen molar-refractivity contribution in [2.45, 2.75) is 18.5 Å². The number of anilines is 2. The van der Waals surface area contributed by atoms with Gasteiger partial charge in [-0.2, -0.15) is 0 Å². The van der Waals surface area contributed by atoms with Crippen molar-refractivity contribution in [2.24, 2.45) is 7.05 Å². The van der Waals surface area contributed by atoms with Gasteiger partial charge in [-0.3, -0.25) is 4.79 Å². The summed E-state index contributed by atoms with van der Waals surface area (Å²) in [5.41, 5.74) is 2.40. The summed E-state index contributed by atoms with van der Waals surface area (Å²) in [4.78, 5) is 27.5. The molecule has 3 rings (SSSR count). The molecule has 8 nitrogen and oxygen atoms in total. The zero-order valence-corrected chi connectivity index (χ0v) is 19.8. The number of nitrogens with zero attached hydrogens (tertiary/aromatic N) is 4. The summed E-state index contributed by atoms with van der Waals surface area (Å²) in [5.74, 6) is 0.185. The summed E-state index contributed by atoms with van der Waals surface area (Å²) in [5, 5.41) is 12.5. The molecule has 10 heteroatoms. The highest BCUT2D eigenvalue weighted by atomic mass is 32.2. The zero-order chi connectivity index (χ0) is 22.5. The van der Waals surface area contributed by atoms with E-state index in [1.54, 1.807) is 6.07 Å². The van der Waals surface area contributed by atoms with E-state index in [4.69, 9.17) is 4.74 Å². The lowest BCUT2D eigenvalue weighted by atomic mass is 10.2. The third-order valence-corrected chi connectivity index (χ3v) is 6.79. The standard InChI is InChI=1S/C21H25N5O3S2/c1-6-15-11-16(20(28)29-5)19(31-15)22-17(27)12-30-21-24-23-18(26(21)4)13-8-7-9-14(10-13)25(2)3/h7-11H,6,12H2,1-5H3,(H,22,27). The van der Waals surface area contributed by atoms with Crippen LogP contribution in [0.3, 0.4) is 0 Å². The second-order valence-electron chi connectivity index (χ2n) is 6.95. The van der Waals surface area contributed by atoms with Crippen molar-refractivity contribution in [1.82, 2.24) is 14.8 Å². The number of carbonyl (C=O) groups is 2. The Morgan fingerprint density at radius 2 is 2.03 bits per heavy atom. The van der Waals surface area contributed by atoms with Gasteiger partial charge in [-0.05, 0) is 24.6 Å². The minimum atomic E-state index is -0.461. The number of aryl methyl sites for hydroxylation is 1. The number of ether oxygens (including phenoxy) is 1. The molecule has 2 aromatic heterocycles. The molecule has 0 atom stereocenters. The summed E-state index contributed by atoms with van der Waals surface area (Å²) in [6.07, 6.45) is 0.774. The number of rotatable bonds is 8. The predicted molar refractivity (Wildman–Crippen MR) is 125 cm³/mol. The number of methoxy groups -OCH3 is 1. The number of carbonyl (C=O) groups excluding carboxylic acids is 2. The molecule has 0 aliphatic heterocycles. The highest BCUT2D eigenvalue weighted by Crippen LogP contribution is 2.30. The lowest BCUT2D eigenvalue weighted by Gasteiger charge is -2.13. The van der Waals surface area contributed by atoms with Crippen molar-refractivity contribution >= 4 is 45.7 Å². The SMILES string of the molecule is CCc1cc(C(=O)OC)c(NC(=O)CSc2nnc(-c3cccc(N(C)C)c3)n2C)s1. The van der Waals surface area contributed by atoms with Crippen LogP contribution in [0.1, 0.15) is 22.2 Å². The molecular formula is C21H25N5O3S2. The molecule has 0 saturated heterocycles. The number of amides is 1. The molecule has 0 unspecified atom stereocenters. The van der Waals surface area contributed by atoms with Gasteiger partial charge in [-0.25, -0.2) is 4.79 Å². The van der Waals surface area contributed by atoms with E-state index in [1.807, 2.05) is 61.8 Å². The summed E-state index contributed by atoms with van der Waals surface area (Å²) in [7, 11) is 7.17. The van der Waals surface area contributed by atoms with E-state index in [0.29, 0.717) is 15.7 Å². The Morgan fingerprint density at radius 1 is 1.26 bits per heavy atom. The molecule has 31 heavy (non-hydrogen) atoms. The molecule has 1 aromatic carbocycles. The first-order valence-electron chi connectivity index (χ1n) is 9.64. The molecule has 0 radical (unpaired) electrons. The Kier molecular flexibility index (Phi) is 7.34. The van der Waals surface area contributed by atoms with Gasteiger partial charge in [0.05, 0.1) is 18.4 Å². The number of thiophene rings is 1. The molecule has 3 aromatic rings. The number of benzene rings is 1. The van der Waals surface area contributed by atoms with Gasteiger partial charge in [-0.1, -0.05) is 30.8 Å². The maximum Gasteiger partial charge on any atom is 0.340 e. The summed E-state index contributed by atoms with van der Waals surface area (Å²) in [6, 6.07) is 9.79. The summed E-state index contributed by atoms with van der Waals surface area (Å²) >= 11 is 2.67. The predicted octanol–water partition coefficient (Wildman–Crippen LogP) is 3.69. The molecule has 164 valence electrons. The minimum Gasteiger partial charge on any atom is -0.465 e. The number of thioether (sulfide) groups is 1. The lowest BCUT2D eigenvalue weighted by molar-refractivity contribution is -0.113. The fourth-order valence-electron chi connectivity index (χ4n) is 2.88. The number of nitrogens with one attached hydrogen (secondary N) is 1. The third kappa shape index (κ3) is 5.26. The van der Waals surface area contributed by atoms with Gasteiger partial charge in [-0.15, -0.1) is 21.5 Å². The third-order valence-electron chi connectivity index (χ3n) is 4.58. The van der Waals surface area contributed by atoms with Crippen molar-refractivity contribution < 1.29 is 14.3 Å². The van der Waals surface area contributed by atoms with Gasteiger partial charge in [0.1, 0.15) is 5.00 Å². The number of aromatic nitrogens is 3.